The van der Waals surface area contributed by atoms with E-state index < -0.39 is 0 Å². The molecule has 1 amide bonds. The van der Waals surface area contributed by atoms with Crippen molar-refractivity contribution in [1.82, 2.24) is 5.32 Å². The smallest absolute Gasteiger partial charge is 0.255 e. The first-order chi connectivity index (χ1) is 7.19. The van der Waals surface area contributed by atoms with Gasteiger partial charge < -0.3 is 10.1 Å². The minimum Gasteiger partial charge on any atom is -0.496 e. The van der Waals surface area contributed by atoms with E-state index in [4.69, 9.17) is 4.74 Å². The van der Waals surface area contributed by atoms with E-state index in [1.54, 1.807) is 19.2 Å². The van der Waals surface area contributed by atoms with Crippen LogP contribution in [0.3, 0.4) is 0 Å². The van der Waals surface area contributed by atoms with Crippen LogP contribution in [0.5, 0.6) is 5.75 Å². The lowest BCUT2D eigenvalue weighted by Gasteiger charge is -2.08. The van der Waals surface area contributed by atoms with E-state index in [0.717, 1.165) is 10.9 Å². The molecule has 0 unspecified atom stereocenters. The van der Waals surface area contributed by atoms with Crippen LogP contribution in [0.25, 0.3) is 0 Å². The summed E-state index contributed by atoms with van der Waals surface area (Å²) < 4.78 is 6.03. The van der Waals surface area contributed by atoms with Gasteiger partial charge in [0.05, 0.1) is 12.7 Å². The molecule has 0 spiro atoms. The summed E-state index contributed by atoms with van der Waals surface area (Å²) in [5.74, 6) is 0.485. The molecule has 0 saturated heterocycles. The Kier molecular flexibility index (Phi) is 4.62. The maximum absolute atomic E-state index is 11.7. The number of methoxy groups -OCH3 is 1. The fourth-order valence-electron chi connectivity index (χ4n) is 1.19. The van der Waals surface area contributed by atoms with Crippen LogP contribution in [0, 0.1) is 0 Å². The first-order valence-electron chi connectivity index (χ1n) is 4.80. The van der Waals surface area contributed by atoms with Crippen molar-refractivity contribution in [1.29, 1.82) is 0 Å². The second kappa shape index (κ2) is 5.75. The Bertz CT molecular complexity index is 352. The third kappa shape index (κ3) is 3.23. The molecule has 15 heavy (non-hydrogen) atoms. The zero-order chi connectivity index (χ0) is 11.3. The second-order valence-corrected chi connectivity index (χ2v) is 4.02. The summed E-state index contributed by atoms with van der Waals surface area (Å²) in [5, 5.41) is 2.81. The zero-order valence-corrected chi connectivity index (χ0v) is 10.4. The number of benzene rings is 1. The van der Waals surface area contributed by atoms with E-state index in [9.17, 15) is 4.79 Å². The van der Waals surface area contributed by atoms with Gasteiger partial charge in [-0.2, -0.15) is 0 Å². The van der Waals surface area contributed by atoms with Crippen molar-refractivity contribution in [3.05, 3.63) is 28.2 Å². The van der Waals surface area contributed by atoms with Gasteiger partial charge in [-0.15, -0.1) is 0 Å². The maximum atomic E-state index is 11.7. The lowest BCUT2D eigenvalue weighted by atomic mass is 10.2. The van der Waals surface area contributed by atoms with Gasteiger partial charge in [-0.05, 0) is 24.6 Å². The highest BCUT2D eigenvalue weighted by Gasteiger charge is 2.11. The molecule has 0 aliphatic heterocycles. The fourth-order valence-corrected chi connectivity index (χ4v) is 1.53. The molecule has 0 saturated carbocycles. The summed E-state index contributed by atoms with van der Waals surface area (Å²) in [6.45, 7) is 2.69. The van der Waals surface area contributed by atoms with Gasteiger partial charge in [0.15, 0.2) is 0 Å². The normalized spacial score (nSPS) is 9.80. The third-order valence-corrected chi connectivity index (χ3v) is 2.44. The summed E-state index contributed by atoms with van der Waals surface area (Å²) in [6.07, 6.45) is 0.921. The van der Waals surface area contributed by atoms with E-state index in [0.29, 0.717) is 17.9 Å². The van der Waals surface area contributed by atoms with E-state index >= 15 is 0 Å². The van der Waals surface area contributed by atoms with Crippen LogP contribution in [-0.4, -0.2) is 19.6 Å². The minimum atomic E-state index is -0.0961. The Labute approximate surface area is 97.9 Å². The molecule has 0 radical (unpaired) electrons. The van der Waals surface area contributed by atoms with Crippen LogP contribution < -0.4 is 10.1 Å². The molecule has 1 aromatic carbocycles. The molecular formula is C11H14BrNO2. The predicted octanol–water partition coefficient (Wildman–Crippen LogP) is 2.60. The van der Waals surface area contributed by atoms with Crippen molar-refractivity contribution < 1.29 is 9.53 Å². The van der Waals surface area contributed by atoms with Crippen molar-refractivity contribution in [2.75, 3.05) is 13.7 Å². The van der Waals surface area contributed by atoms with Crippen molar-refractivity contribution in [2.45, 2.75) is 13.3 Å². The van der Waals surface area contributed by atoms with Crippen molar-refractivity contribution in [2.24, 2.45) is 0 Å². The van der Waals surface area contributed by atoms with E-state index in [1.165, 1.54) is 0 Å². The molecule has 0 aromatic heterocycles. The SMILES string of the molecule is CCCNC(=O)c1ccc(Br)cc1OC. The summed E-state index contributed by atoms with van der Waals surface area (Å²) >= 11 is 3.33. The van der Waals surface area contributed by atoms with Crippen LogP contribution in [0.2, 0.25) is 0 Å². The molecule has 0 aliphatic carbocycles. The highest BCUT2D eigenvalue weighted by Crippen LogP contribution is 2.23. The monoisotopic (exact) mass is 271 g/mol. The van der Waals surface area contributed by atoms with Gasteiger partial charge in [0.2, 0.25) is 0 Å². The molecule has 0 atom stereocenters. The molecule has 0 heterocycles. The lowest BCUT2D eigenvalue weighted by molar-refractivity contribution is 0.0950. The quantitative estimate of drug-likeness (QED) is 0.914. The van der Waals surface area contributed by atoms with Gasteiger partial charge in [-0.1, -0.05) is 22.9 Å². The van der Waals surface area contributed by atoms with Crippen LogP contribution in [0.15, 0.2) is 22.7 Å². The largest absolute Gasteiger partial charge is 0.496 e. The number of amides is 1. The Morgan fingerprint density at radius 2 is 2.27 bits per heavy atom. The highest BCUT2D eigenvalue weighted by atomic mass is 79.9. The average molecular weight is 272 g/mol. The summed E-state index contributed by atoms with van der Waals surface area (Å²) in [7, 11) is 1.55. The van der Waals surface area contributed by atoms with E-state index in [-0.39, 0.29) is 5.91 Å². The summed E-state index contributed by atoms with van der Waals surface area (Å²) in [6, 6.07) is 5.35. The minimum absolute atomic E-state index is 0.0961. The number of hydrogen-bond acceptors (Lipinski definition) is 2. The Hall–Kier alpha value is -1.03. The number of halogens is 1. The second-order valence-electron chi connectivity index (χ2n) is 3.10. The molecular weight excluding hydrogens is 258 g/mol. The van der Waals surface area contributed by atoms with Crippen molar-refractivity contribution >= 4 is 21.8 Å². The fraction of sp³-hybridized carbons (Fsp3) is 0.364. The van der Waals surface area contributed by atoms with Crippen LogP contribution in [-0.2, 0) is 0 Å². The molecule has 0 bridgehead atoms. The van der Waals surface area contributed by atoms with Crippen LogP contribution in [0.1, 0.15) is 23.7 Å². The predicted molar refractivity (Wildman–Crippen MR) is 63.3 cm³/mol. The van der Waals surface area contributed by atoms with Gasteiger partial charge in [0.1, 0.15) is 5.75 Å². The molecule has 1 rings (SSSR count). The van der Waals surface area contributed by atoms with Crippen LogP contribution in [0.4, 0.5) is 0 Å². The van der Waals surface area contributed by atoms with E-state index in [2.05, 4.69) is 21.2 Å². The number of hydrogen-bond donors (Lipinski definition) is 1. The number of carbonyl (C=O) groups excluding carboxylic acids is 1. The number of ether oxygens (including phenoxy) is 1. The summed E-state index contributed by atoms with van der Waals surface area (Å²) in [4.78, 5) is 11.7. The van der Waals surface area contributed by atoms with Gasteiger partial charge in [-0.3, -0.25) is 4.79 Å². The van der Waals surface area contributed by atoms with Crippen molar-refractivity contribution in [3.8, 4) is 5.75 Å². The average Bonchev–Trinajstić information content (AvgIpc) is 2.25. The zero-order valence-electron chi connectivity index (χ0n) is 8.84. The lowest BCUT2D eigenvalue weighted by Crippen LogP contribution is -2.24. The first kappa shape index (κ1) is 12.0. The molecule has 1 aromatic rings. The molecule has 1 N–H and O–H groups in total. The topological polar surface area (TPSA) is 38.3 Å². The van der Waals surface area contributed by atoms with Gasteiger partial charge in [-0.25, -0.2) is 0 Å². The van der Waals surface area contributed by atoms with Gasteiger partial charge in [0, 0.05) is 11.0 Å². The Balaban J connectivity index is 2.87. The van der Waals surface area contributed by atoms with Gasteiger partial charge in [0.25, 0.3) is 5.91 Å². The standard InChI is InChI=1S/C11H14BrNO2/c1-3-6-13-11(14)9-5-4-8(12)7-10(9)15-2/h4-5,7H,3,6H2,1-2H3,(H,13,14). The third-order valence-electron chi connectivity index (χ3n) is 1.94. The Morgan fingerprint density at radius 3 is 2.87 bits per heavy atom. The van der Waals surface area contributed by atoms with Crippen molar-refractivity contribution in [3.63, 3.8) is 0 Å². The summed E-state index contributed by atoms with van der Waals surface area (Å²) in [5.41, 5.74) is 0.564. The molecule has 82 valence electrons. The molecule has 3 nitrogen and oxygen atoms in total. The number of rotatable bonds is 4. The number of nitrogens with one attached hydrogen (secondary N) is 1. The number of carbonyl (C=O) groups is 1. The molecule has 0 fully saturated rings. The molecule has 4 heteroatoms. The van der Waals surface area contributed by atoms with Gasteiger partial charge >= 0.3 is 0 Å². The first-order valence-corrected chi connectivity index (χ1v) is 5.60. The Morgan fingerprint density at radius 1 is 1.53 bits per heavy atom. The van der Waals surface area contributed by atoms with E-state index in [1.807, 2.05) is 13.0 Å². The highest BCUT2D eigenvalue weighted by molar-refractivity contribution is 9.10. The van der Waals surface area contributed by atoms with Crippen LogP contribution >= 0.6 is 15.9 Å². The molecule has 0 aliphatic rings. The maximum Gasteiger partial charge on any atom is 0.255 e.